The Morgan fingerprint density at radius 3 is 2.81 bits per heavy atom. The number of carboxylic acids is 1. The third-order valence-electron chi connectivity index (χ3n) is 2.99. The van der Waals surface area contributed by atoms with E-state index in [0.29, 0.717) is 16.0 Å². The summed E-state index contributed by atoms with van der Waals surface area (Å²) in [6.07, 6.45) is 1.32. The number of aromatic carboxylic acids is 1. The zero-order valence-corrected chi connectivity index (χ0v) is 12.2. The van der Waals surface area contributed by atoms with Crippen molar-refractivity contribution >= 4 is 28.8 Å². The zero-order chi connectivity index (χ0) is 15.0. The first kappa shape index (κ1) is 13.6. The third kappa shape index (κ3) is 2.73. The van der Waals surface area contributed by atoms with E-state index in [1.165, 1.54) is 18.0 Å². The molecule has 0 radical (unpaired) electrons. The average Bonchev–Trinajstić information content (AvgIpc) is 2.79. The number of fused-ring (bicyclic) bond motifs is 1. The molecule has 0 fully saturated rings. The van der Waals surface area contributed by atoms with Gasteiger partial charge in [-0.15, -0.1) is 0 Å². The summed E-state index contributed by atoms with van der Waals surface area (Å²) in [5.74, 6) is -1.02. The Labute approximate surface area is 124 Å². The highest BCUT2D eigenvalue weighted by Crippen LogP contribution is 2.25. The van der Waals surface area contributed by atoms with Gasteiger partial charge in [0.1, 0.15) is 0 Å². The molecule has 3 rings (SSSR count). The van der Waals surface area contributed by atoms with Crippen molar-refractivity contribution in [2.24, 2.45) is 0 Å². The Morgan fingerprint density at radius 1 is 1.29 bits per heavy atom. The van der Waals surface area contributed by atoms with Crippen LogP contribution in [-0.2, 0) is 0 Å². The maximum Gasteiger partial charge on any atom is 0.339 e. The maximum atomic E-state index is 10.9. The van der Waals surface area contributed by atoms with Gasteiger partial charge >= 0.3 is 5.97 Å². The summed E-state index contributed by atoms with van der Waals surface area (Å²) in [6, 6.07) is 5.97. The highest BCUT2D eigenvalue weighted by atomic mass is 32.2. The maximum absolute atomic E-state index is 10.9. The van der Waals surface area contributed by atoms with Crippen LogP contribution in [0.15, 0.2) is 34.7 Å². The van der Waals surface area contributed by atoms with Crippen LogP contribution in [0.4, 0.5) is 0 Å². The van der Waals surface area contributed by atoms with Crippen molar-refractivity contribution in [3.05, 3.63) is 41.2 Å². The topological polar surface area (TPSA) is 91.8 Å². The Balaban J connectivity index is 1.91. The average molecular weight is 300 g/mol. The number of carboxylic acid groups (broad SMARTS) is 1. The van der Waals surface area contributed by atoms with Gasteiger partial charge in [-0.25, -0.2) is 19.7 Å². The summed E-state index contributed by atoms with van der Waals surface area (Å²) in [6.45, 7) is 3.67. The number of aromatic nitrogens is 4. The summed E-state index contributed by atoms with van der Waals surface area (Å²) < 4.78 is 0. The van der Waals surface area contributed by atoms with Crippen LogP contribution in [0, 0.1) is 13.8 Å². The fourth-order valence-electron chi connectivity index (χ4n) is 1.94. The molecule has 0 aliphatic heterocycles. The number of aromatic amines is 1. The number of H-pyrrole nitrogens is 1. The van der Waals surface area contributed by atoms with Crippen LogP contribution in [0.25, 0.3) is 11.0 Å². The number of rotatable bonds is 3. The molecule has 0 amide bonds. The van der Waals surface area contributed by atoms with E-state index in [9.17, 15) is 4.79 Å². The standard InChI is InChI=1S/C14H12N4O2S/c1-7-3-4-10-11(5-7)18-14(17-10)21-13-15-6-9(12(19)20)8(2)16-13/h3-6H,1-2H3,(H,17,18)(H,19,20). The van der Waals surface area contributed by atoms with Gasteiger partial charge in [-0.2, -0.15) is 0 Å². The van der Waals surface area contributed by atoms with Crippen LogP contribution in [-0.4, -0.2) is 31.0 Å². The fourth-order valence-corrected chi connectivity index (χ4v) is 2.71. The van der Waals surface area contributed by atoms with Crippen LogP contribution in [0.1, 0.15) is 21.6 Å². The first-order valence-corrected chi connectivity index (χ1v) is 7.06. The normalized spacial score (nSPS) is 11.0. The molecule has 0 atom stereocenters. The molecule has 6 nitrogen and oxygen atoms in total. The lowest BCUT2D eigenvalue weighted by Crippen LogP contribution is -2.03. The monoisotopic (exact) mass is 300 g/mol. The summed E-state index contributed by atoms with van der Waals surface area (Å²) in [5.41, 5.74) is 3.53. The minimum atomic E-state index is -1.02. The molecule has 2 N–H and O–H groups in total. The number of hydrogen-bond donors (Lipinski definition) is 2. The van der Waals surface area contributed by atoms with E-state index >= 15 is 0 Å². The molecule has 7 heteroatoms. The third-order valence-corrected chi connectivity index (χ3v) is 3.76. The first-order valence-electron chi connectivity index (χ1n) is 6.24. The van der Waals surface area contributed by atoms with Crippen LogP contribution in [0.2, 0.25) is 0 Å². The van der Waals surface area contributed by atoms with E-state index in [1.807, 2.05) is 25.1 Å². The van der Waals surface area contributed by atoms with E-state index < -0.39 is 5.97 Å². The van der Waals surface area contributed by atoms with E-state index in [-0.39, 0.29) is 5.56 Å². The largest absolute Gasteiger partial charge is 0.478 e. The van der Waals surface area contributed by atoms with Gasteiger partial charge in [0, 0.05) is 6.20 Å². The van der Waals surface area contributed by atoms with Gasteiger partial charge in [-0.05, 0) is 43.3 Å². The van der Waals surface area contributed by atoms with Crippen molar-refractivity contribution < 1.29 is 9.90 Å². The second-order valence-corrected chi connectivity index (χ2v) is 5.58. The van der Waals surface area contributed by atoms with Gasteiger partial charge in [0.05, 0.1) is 22.3 Å². The Bertz CT molecular complexity index is 844. The lowest BCUT2D eigenvalue weighted by Gasteiger charge is -2.01. The lowest BCUT2D eigenvalue weighted by atomic mass is 10.2. The lowest BCUT2D eigenvalue weighted by molar-refractivity contribution is 0.0695. The number of nitrogens with one attached hydrogen (secondary N) is 1. The van der Waals surface area contributed by atoms with Crippen molar-refractivity contribution in [2.45, 2.75) is 24.2 Å². The smallest absolute Gasteiger partial charge is 0.339 e. The number of hydrogen-bond acceptors (Lipinski definition) is 5. The molecule has 0 aliphatic carbocycles. The predicted octanol–water partition coefficient (Wildman–Crippen LogP) is 2.82. The molecule has 0 aliphatic rings. The molecule has 106 valence electrons. The van der Waals surface area contributed by atoms with E-state index in [1.54, 1.807) is 6.92 Å². The van der Waals surface area contributed by atoms with Crippen LogP contribution < -0.4 is 0 Å². The Morgan fingerprint density at radius 2 is 2.10 bits per heavy atom. The summed E-state index contributed by atoms with van der Waals surface area (Å²) in [4.78, 5) is 26.8. The van der Waals surface area contributed by atoms with Crippen molar-refractivity contribution in [2.75, 3.05) is 0 Å². The predicted molar refractivity (Wildman–Crippen MR) is 78.7 cm³/mol. The van der Waals surface area contributed by atoms with Crippen molar-refractivity contribution in [3.63, 3.8) is 0 Å². The van der Waals surface area contributed by atoms with Crippen molar-refractivity contribution in [1.82, 2.24) is 19.9 Å². The zero-order valence-electron chi connectivity index (χ0n) is 11.4. The van der Waals surface area contributed by atoms with E-state index in [0.717, 1.165) is 16.6 Å². The van der Waals surface area contributed by atoms with E-state index in [4.69, 9.17) is 5.11 Å². The van der Waals surface area contributed by atoms with Crippen molar-refractivity contribution in [3.8, 4) is 0 Å². The summed E-state index contributed by atoms with van der Waals surface area (Å²) >= 11 is 1.27. The first-order chi connectivity index (χ1) is 10.0. The number of nitrogens with zero attached hydrogens (tertiary/aromatic N) is 3. The Hall–Kier alpha value is -2.41. The minimum absolute atomic E-state index is 0.111. The Kier molecular flexibility index (Phi) is 3.34. The molecule has 1 aromatic carbocycles. The molecular formula is C14H12N4O2S. The highest BCUT2D eigenvalue weighted by Gasteiger charge is 2.12. The number of benzene rings is 1. The molecule has 0 unspecified atom stereocenters. The van der Waals surface area contributed by atoms with Gasteiger partial charge in [-0.1, -0.05) is 6.07 Å². The molecule has 21 heavy (non-hydrogen) atoms. The molecule has 0 saturated carbocycles. The van der Waals surface area contributed by atoms with Gasteiger partial charge in [0.15, 0.2) is 10.3 Å². The summed E-state index contributed by atoms with van der Waals surface area (Å²) in [7, 11) is 0. The number of carbonyl (C=O) groups is 1. The quantitative estimate of drug-likeness (QED) is 0.723. The molecule has 0 spiro atoms. The number of imidazole rings is 1. The van der Waals surface area contributed by atoms with Gasteiger partial charge in [0.2, 0.25) is 0 Å². The molecule has 0 saturated heterocycles. The van der Waals surface area contributed by atoms with Crippen LogP contribution >= 0.6 is 11.8 Å². The van der Waals surface area contributed by atoms with Gasteiger partial charge in [-0.3, -0.25) is 0 Å². The SMILES string of the molecule is Cc1ccc2nc(Sc3ncc(C(=O)O)c(C)n3)[nH]c2c1. The molecular weight excluding hydrogens is 288 g/mol. The number of aryl methyl sites for hydroxylation is 2. The highest BCUT2D eigenvalue weighted by molar-refractivity contribution is 7.99. The molecule has 0 bridgehead atoms. The van der Waals surface area contributed by atoms with Crippen molar-refractivity contribution in [1.29, 1.82) is 0 Å². The molecule has 2 heterocycles. The second kappa shape index (κ2) is 5.17. The second-order valence-electron chi connectivity index (χ2n) is 4.62. The van der Waals surface area contributed by atoms with Crippen LogP contribution in [0.3, 0.4) is 0 Å². The van der Waals surface area contributed by atoms with Crippen LogP contribution in [0.5, 0.6) is 0 Å². The summed E-state index contributed by atoms with van der Waals surface area (Å²) in [5, 5.41) is 10.1. The molecule has 2 aromatic heterocycles. The van der Waals surface area contributed by atoms with Gasteiger partial charge < -0.3 is 10.1 Å². The van der Waals surface area contributed by atoms with Gasteiger partial charge in [0.25, 0.3) is 0 Å². The van der Waals surface area contributed by atoms with E-state index in [2.05, 4.69) is 19.9 Å². The minimum Gasteiger partial charge on any atom is -0.478 e. The fraction of sp³-hybridized carbons (Fsp3) is 0.143. The molecule has 3 aromatic rings.